The molecular formula is C18H19N3O2. The van der Waals surface area contributed by atoms with E-state index in [9.17, 15) is 15.2 Å². The molecule has 0 aliphatic carbocycles. The van der Waals surface area contributed by atoms with Crippen molar-refractivity contribution in [3.8, 4) is 11.9 Å². The van der Waals surface area contributed by atoms with Gasteiger partial charge in [-0.05, 0) is 44.9 Å². The van der Waals surface area contributed by atoms with Gasteiger partial charge in [0.05, 0.1) is 11.3 Å². The number of pyridine rings is 1. The van der Waals surface area contributed by atoms with Gasteiger partial charge in [0.2, 0.25) is 5.88 Å². The van der Waals surface area contributed by atoms with Crippen LogP contribution in [-0.4, -0.2) is 15.9 Å². The van der Waals surface area contributed by atoms with Gasteiger partial charge < -0.3 is 5.11 Å². The van der Waals surface area contributed by atoms with Crippen LogP contribution in [0, 0.1) is 25.2 Å². The Morgan fingerprint density at radius 3 is 2.52 bits per heavy atom. The SMILES string of the molecule is Cc1ccccc1N=Cc1c(C)c(C#N)c(=O)n(C(C)C)c1O. The Bertz CT molecular complexity index is 871. The first kappa shape index (κ1) is 16.5. The summed E-state index contributed by atoms with van der Waals surface area (Å²) < 4.78 is 1.21. The van der Waals surface area contributed by atoms with Crippen molar-refractivity contribution in [3.05, 3.63) is 56.9 Å². The van der Waals surface area contributed by atoms with E-state index in [0.29, 0.717) is 11.1 Å². The summed E-state index contributed by atoms with van der Waals surface area (Å²) in [4.78, 5) is 16.7. The van der Waals surface area contributed by atoms with Crippen molar-refractivity contribution in [3.63, 3.8) is 0 Å². The Morgan fingerprint density at radius 1 is 1.30 bits per heavy atom. The number of rotatable bonds is 3. The van der Waals surface area contributed by atoms with E-state index in [4.69, 9.17) is 0 Å². The molecule has 0 fully saturated rings. The molecule has 1 aromatic heterocycles. The lowest BCUT2D eigenvalue weighted by molar-refractivity contribution is 0.386. The molecule has 0 unspecified atom stereocenters. The molecule has 0 saturated carbocycles. The van der Waals surface area contributed by atoms with Crippen molar-refractivity contribution in [1.29, 1.82) is 5.26 Å². The summed E-state index contributed by atoms with van der Waals surface area (Å²) in [7, 11) is 0. The minimum Gasteiger partial charge on any atom is -0.494 e. The molecule has 0 saturated heterocycles. The number of aromatic nitrogens is 1. The fourth-order valence-electron chi connectivity index (χ4n) is 2.42. The van der Waals surface area contributed by atoms with E-state index in [1.165, 1.54) is 10.8 Å². The second-order valence-corrected chi connectivity index (χ2v) is 5.66. The topological polar surface area (TPSA) is 78.4 Å². The summed E-state index contributed by atoms with van der Waals surface area (Å²) in [5, 5.41) is 19.7. The van der Waals surface area contributed by atoms with Gasteiger partial charge in [-0.1, -0.05) is 18.2 Å². The average molecular weight is 309 g/mol. The van der Waals surface area contributed by atoms with Crippen LogP contribution in [0.15, 0.2) is 34.1 Å². The minimum absolute atomic E-state index is 0.0303. The number of nitrogens with zero attached hydrogens (tertiary/aromatic N) is 3. The molecule has 23 heavy (non-hydrogen) atoms. The van der Waals surface area contributed by atoms with E-state index >= 15 is 0 Å². The van der Waals surface area contributed by atoms with Gasteiger partial charge in [-0.2, -0.15) is 5.26 Å². The maximum Gasteiger partial charge on any atom is 0.271 e. The van der Waals surface area contributed by atoms with Crippen LogP contribution in [0.2, 0.25) is 0 Å². The van der Waals surface area contributed by atoms with Crippen LogP contribution in [0.5, 0.6) is 5.88 Å². The smallest absolute Gasteiger partial charge is 0.271 e. The third kappa shape index (κ3) is 3.02. The number of aromatic hydroxyl groups is 1. The lowest BCUT2D eigenvalue weighted by atomic mass is 10.1. The van der Waals surface area contributed by atoms with E-state index in [1.807, 2.05) is 37.3 Å². The molecule has 2 aromatic rings. The van der Waals surface area contributed by atoms with Crippen molar-refractivity contribution in [1.82, 2.24) is 4.57 Å². The molecule has 118 valence electrons. The Balaban J connectivity index is 2.68. The lowest BCUT2D eigenvalue weighted by Gasteiger charge is -2.16. The summed E-state index contributed by atoms with van der Waals surface area (Å²) in [5.41, 5.74) is 2.14. The van der Waals surface area contributed by atoms with Gasteiger partial charge in [-0.25, -0.2) is 0 Å². The molecule has 0 bridgehead atoms. The largest absolute Gasteiger partial charge is 0.494 e. The van der Waals surface area contributed by atoms with Crippen molar-refractivity contribution >= 4 is 11.9 Å². The van der Waals surface area contributed by atoms with Crippen molar-refractivity contribution < 1.29 is 5.11 Å². The molecule has 0 radical (unpaired) electrons. The van der Waals surface area contributed by atoms with Crippen molar-refractivity contribution in [2.24, 2.45) is 4.99 Å². The third-order valence-electron chi connectivity index (χ3n) is 3.76. The van der Waals surface area contributed by atoms with E-state index in [2.05, 4.69) is 4.99 Å². The predicted molar refractivity (Wildman–Crippen MR) is 90.6 cm³/mol. The fourth-order valence-corrected chi connectivity index (χ4v) is 2.42. The Kier molecular flexibility index (Phi) is 4.65. The van der Waals surface area contributed by atoms with Gasteiger partial charge in [0, 0.05) is 12.3 Å². The minimum atomic E-state index is -0.481. The van der Waals surface area contributed by atoms with Gasteiger partial charge in [0.25, 0.3) is 5.56 Å². The highest BCUT2D eigenvalue weighted by molar-refractivity contribution is 5.87. The highest BCUT2D eigenvalue weighted by atomic mass is 16.3. The molecule has 5 nitrogen and oxygen atoms in total. The number of benzene rings is 1. The molecule has 0 aliphatic rings. The van der Waals surface area contributed by atoms with Crippen LogP contribution in [0.1, 0.15) is 42.1 Å². The lowest BCUT2D eigenvalue weighted by Crippen LogP contribution is -2.26. The molecule has 1 heterocycles. The van der Waals surface area contributed by atoms with Gasteiger partial charge in [-0.3, -0.25) is 14.4 Å². The number of aliphatic imine (C=N–C) groups is 1. The zero-order chi connectivity index (χ0) is 17.1. The maximum absolute atomic E-state index is 12.3. The van der Waals surface area contributed by atoms with Crippen LogP contribution in [0.3, 0.4) is 0 Å². The standard InChI is InChI=1S/C18H19N3O2/c1-11(2)21-17(22)14(9-19)13(4)15(18(21)23)10-20-16-8-6-5-7-12(16)3/h5-8,10-11,23H,1-4H3. The van der Waals surface area contributed by atoms with Crippen LogP contribution in [-0.2, 0) is 0 Å². The summed E-state index contributed by atoms with van der Waals surface area (Å²) in [5.74, 6) is -0.168. The summed E-state index contributed by atoms with van der Waals surface area (Å²) in [6.45, 7) is 7.14. The van der Waals surface area contributed by atoms with Gasteiger partial charge in [0.1, 0.15) is 11.6 Å². The van der Waals surface area contributed by atoms with E-state index in [1.54, 1.807) is 20.8 Å². The van der Waals surface area contributed by atoms with E-state index in [-0.39, 0.29) is 17.5 Å². The normalized spacial score (nSPS) is 11.1. The second-order valence-electron chi connectivity index (χ2n) is 5.66. The fraction of sp³-hybridized carbons (Fsp3) is 0.278. The van der Waals surface area contributed by atoms with Gasteiger partial charge >= 0.3 is 0 Å². The van der Waals surface area contributed by atoms with E-state index in [0.717, 1.165) is 11.3 Å². The zero-order valence-corrected chi connectivity index (χ0v) is 13.7. The first-order valence-electron chi connectivity index (χ1n) is 7.36. The third-order valence-corrected chi connectivity index (χ3v) is 3.76. The molecule has 1 aromatic carbocycles. The predicted octanol–water partition coefficient (Wildman–Crippen LogP) is 3.37. The molecule has 0 aliphatic heterocycles. The maximum atomic E-state index is 12.3. The molecule has 1 N–H and O–H groups in total. The van der Waals surface area contributed by atoms with Crippen molar-refractivity contribution in [2.75, 3.05) is 0 Å². The number of para-hydroxylation sites is 1. The molecule has 0 spiro atoms. The summed E-state index contributed by atoms with van der Waals surface area (Å²) >= 11 is 0. The Labute approximate surface area is 135 Å². The Morgan fingerprint density at radius 2 is 1.96 bits per heavy atom. The molecule has 0 amide bonds. The first-order valence-corrected chi connectivity index (χ1v) is 7.36. The molecule has 2 rings (SSSR count). The second kappa shape index (κ2) is 6.49. The van der Waals surface area contributed by atoms with Gasteiger partial charge in [-0.15, -0.1) is 0 Å². The first-order chi connectivity index (χ1) is 10.9. The highest BCUT2D eigenvalue weighted by Gasteiger charge is 2.19. The molecule has 0 atom stereocenters. The summed E-state index contributed by atoms with van der Waals surface area (Å²) in [6, 6.07) is 9.27. The molecule has 5 heteroatoms. The Hall–Kier alpha value is -2.87. The van der Waals surface area contributed by atoms with Gasteiger partial charge in [0.15, 0.2) is 0 Å². The number of nitriles is 1. The average Bonchev–Trinajstić information content (AvgIpc) is 2.48. The highest BCUT2D eigenvalue weighted by Crippen LogP contribution is 2.24. The van der Waals surface area contributed by atoms with Crippen LogP contribution >= 0.6 is 0 Å². The monoisotopic (exact) mass is 309 g/mol. The number of hydrogen-bond donors (Lipinski definition) is 1. The quantitative estimate of drug-likeness (QED) is 0.883. The van der Waals surface area contributed by atoms with Crippen LogP contribution in [0.25, 0.3) is 0 Å². The number of hydrogen-bond acceptors (Lipinski definition) is 4. The van der Waals surface area contributed by atoms with E-state index < -0.39 is 5.56 Å². The number of aryl methyl sites for hydroxylation is 1. The van der Waals surface area contributed by atoms with Crippen molar-refractivity contribution in [2.45, 2.75) is 33.7 Å². The van der Waals surface area contributed by atoms with Crippen LogP contribution in [0.4, 0.5) is 5.69 Å². The van der Waals surface area contributed by atoms with Crippen LogP contribution < -0.4 is 5.56 Å². The summed E-state index contributed by atoms with van der Waals surface area (Å²) in [6.07, 6.45) is 1.51. The molecular weight excluding hydrogens is 290 g/mol. The zero-order valence-electron chi connectivity index (χ0n) is 13.7.